The summed E-state index contributed by atoms with van der Waals surface area (Å²) in [7, 11) is 1.35. The van der Waals surface area contributed by atoms with Crippen LogP contribution < -0.4 is 27.3 Å². The van der Waals surface area contributed by atoms with Gasteiger partial charge in [-0.25, -0.2) is 9.18 Å². The SMILES string of the molecule is COc1cc(C(N)=O)c(F)c(N)c1NCC=CCOC(N)=O. The molecule has 0 aliphatic heterocycles. The van der Waals surface area contributed by atoms with Gasteiger partial charge >= 0.3 is 6.09 Å². The van der Waals surface area contributed by atoms with Crippen molar-refractivity contribution in [3.63, 3.8) is 0 Å². The number of anilines is 2. The van der Waals surface area contributed by atoms with Gasteiger partial charge in [0.05, 0.1) is 18.4 Å². The van der Waals surface area contributed by atoms with Crippen molar-refractivity contribution < 1.29 is 23.5 Å². The van der Waals surface area contributed by atoms with Crippen molar-refractivity contribution in [3.05, 3.63) is 29.6 Å². The number of methoxy groups -OCH3 is 1. The summed E-state index contributed by atoms with van der Waals surface area (Å²) in [6, 6.07) is 1.16. The van der Waals surface area contributed by atoms with Crippen LogP contribution in [0.3, 0.4) is 0 Å². The zero-order valence-electron chi connectivity index (χ0n) is 11.9. The van der Waals surface area contributed by atoms with Crippen molar-refractivity contribution in [2.75, 3.05) is 31.3 Å². The van der Waals surface area contributed by atoms with Gasteiger partial charge in [0.25, 0.3) is 5.91 Å². The van der Waals surface area contributed by atoms with E-state index < -0.39 is 17.8 Å². The fourth-order valence-corrected chi connectivity index (χ4v) is 1.62. The second-order valence-corrected chi connectivity index (χ2v) is 4.08. The summed E-state index contributed by atoms with van der Waals surface area (Å²) in [4.78, 5) is 21.5. The molecule has 0 heterocycles. The van der Waals surface area contributed by atoms with Gasteiger partial charge in [0.1, 0.15) is 18.0 Å². The summed E-state index contributed by atoms with van der Waals surface area (Å²) in [6.07, 6.45) is 2.27. The maximum Gasteiger partial charge on any atom is 0.404 e. The summed E-state index contributed by atoms with van der Waals surface area (Å²) in [6.45, 7) is 0.261. The Labute approximate surface area is 126 Å². The van der Waals surface area contributed by atoms with E-state index >= 15 is 0 Å². The van der Waals surface area contributed by atoms with Gasteiger partial charge < -0.3 is 32.0 Å². The minimum Gasteiger partial charge on any atom is -0.494 e. The fraction of sp³-hybridized carbons (Fsp3) is 0.231. The molecular formula is C13H17FN4O4. The molecule has 0 aliphatic rings. The van der Waals surface area contributed by atoms with Crippen LogP contribution in [-0.2, 0) is 4.74 Å². The topological polar surface area (TPSA) is 143 Å². The molecule has 0 fully saturated rings. The molecule has 1 rings (SSSR count). The number of amides is 2. The molecule has 0 saturated carbocycles. The minimum atomic E-state index is -0.947. The maximum absolute atomic E-state index is 13.9. The summed E-state index contributed by atoms with van der Waals surface area (Å²) < 4.78 is 23.5. The molecule has 0 aromatic heterocycles. The molecule has 7 N–H and O–H groups in total. The zero-order valence-corrected chi connectivity index (χ0v) is 11.9. The Bertz CT molecular complexity index is 604. The Balaban J connectivity index is 2.84. The summed E-state index contributed by atoms with van der Waals surface area (Å²) >= 11 is 0. The Kier molecular flexibility index (Phi) is 5.99. The van der Waals surface area contributed by atoms with Crippen molar-refractivity contribution >= 4 is 23.4 Å². The second-order valence-electron chi connectivity index (χ2n) is 4.08. The summed E-state index contributed by atoms with van der Waals surface area (Å²) in [5.74, 6) is -1.69. The van der Waals surface area contributed by atoms with Gasteiger partial charge in [0.2, 0.25) is 0 Å². The molecule has 9 heteroatoms. The van der Waals surface area contributed by atoms with Gasteiger partial charge in [-0.1, -0.05) is 6.08 Å². The van der Waals surface area contributed by atoms with Gasteiger partial charge in [-0.05, 0) is 12.1 Å². The number of carbonyl (C=O) groups excluding carboxylic acids is 2. The molecule has 1 aromatic rings. The van der Waals surface area contributed by atoms with Gasteiger partial charge in [0.15, 0.2) is 5.82 Å². The standard InChI is InChI=1S/C13H17FN4O4/c1-21-8-6-7(12(16)19)9(14)10(15)11(8)18-4-2-3-5-22-13(17)20/h2-3,6,18H,4-5,15H2,1H3,(H2,16,19)(H2,17,20). The van der Waals surface area contributed by atoms with Crippen molar-refractivity contribution in [1.29, 1.82) is 0 Å². The monoisotopic (exact) mass is 312 g/mol. The van der Waals surface area contributed by atoms with Gasteiger partial charge in [-0.3, -0.25) is 4.79 Å². The lowest BCUT2D eigenvalue weighted by Gasteiger charge is -2.15. The number of nitrogens with one attached hydrogen (secondary N) is 1. The number of carbonyl (C=O) groups is 2. The highest BCUT2D eigenvalue weighted by atomic mass is 19.1. The lowest BCUT2D eigenvalue weighted by Crippen LogP contribution is -2.16. The molecule has 0 spiro atoms. The third-order valence-electron chi connectivity index (χ3n) is 2.63. The Hall–Kier alpha value is -2.97. The van der Waals surface area contributed by atoms with E-state index in [0.29, 0.717) is 0 Å². The van der Waals surface area contributed by atoms with E-state index in [4.69, 9.17) is 21.9 Å². The van der Waals surface area contributed by atoms with E-state index in [-0.39, 0.29) is 35.8 Å². The number of hydrogen-bond donors (Lipinski definition) is 4. The van der Waals surface area contributed by atoms with Crippen molar-refractivity contribution in [2.45, 2.75) is 0 Å². The molecule has 22 heavy (non-hydrogen) atoms. The predicted octanol–water partition coefficient (Wildman–Crippen LogP) is 0.579. The number of nitrogens with two attached hydrogens (primary N) is 3. The number of benzene rings is 1. The molecule has 0 atom stereocenters. The lowest BCUT2D eigenvalue weighted by molar-refractivity contribution is 0.0996. The molecule has 2 amide bonds. The molecule has 0 aliphatic carbocycles. The van der Waals surface area contributed by atoms with E-state index in [0.717, 1.165) is 6.07 Å². The molecule has 0 saturated heterocycles. The number of hydrogen-bond acceptors (Lipinski definition) is 6. The average molecular weight is 312 g/mol. The first kappa shape index (κ1) is 17.1. The highest BCUT2D eigenvalue weighted by Crippen LogP contribution is 2.34. The van der Waals surface area contributed by atoms with Crippen LogP contribution in [0.1, 0.15) is 10.4 Å². The minimum absolute atomic E-state index is 0.0125. The van der Waals surface area contributed by atoms with Crippen molar-refractivity contribution in [2.24, 2.45) is 11.5 Å². The third-order valence-corrected chi connectivity index (χ3v) is 2.63. The van der Waals surface area contributed by atoms with E-state index in [1.807, 2.05) is 0 Å². The van der Waals surface area contributed by atoms with Crippen molar-refractivity contribution in [1.82, 2.24) is 0 Å². The van der Waals surface area contributed by atoms with E-state index in [9.17, 15) is 14.0 Å². The zero-order chi connectivity index (χ0) is 16.7. The quantitative estimate of drug-likeness (QED) is 0.428. The largest absolute Gasteiger partial charge is 0.494 e. The van der Waals surface area contributed by atoms with Crippen LogP contribution in [0, 0.1) is 5.82 Å². The lowest BCUT2D eigenvalue weighted by atomic mass is 10.1. The molecular weight excluding hydrogens is 295 g/mol. The molecule has 120 valence electrons. The molecule has 0 bridgehead atoms. The Morgan fingerprint density at radius 1 is 1.36 bits per heavy atom. The second kappa shape index (κ2) is 7.72. The number of rotatable bonds is 7. The maximum atomic E-state index is 13.9. The normalized spacial score (nSPS) is 10.5. The van der Waals surface area contributed by atoms with Gasteiger partial charge in [-0.2, -0.15) is 0 Å². The van der Waals surface area contributed by atoms with Crippen LogP contribution in [0.25, 0.3) is 0 Å². The smallest absolute Gasteiger partial charge is 0.404 e. The number of nitrogen functional groups attached to an aromatic ring is 1. The Morgan fingerprint density at radius 3 is 2.59 bits per heavy atom. The first-order valence-corrected chi connectivity index (χ1v) is 6.15. The van der Waals surface area contributed by atoms with Crippen LogP contribution in [0.4, 0.5) is 20.6 Å². The summed E-state index contributed by atoms with van der Waals surface area (Å²) in [5, 5.41) is 2.83. The number of ether oxygens (including phenoxy) is 2. The van der Waals surface area contributed by atoms with Crippen molar-refractivity contribution in [3.8, 4) is 5.75 Å². The first-order valence-electron chi connectivity index (χ1n) is 6.15. The third kappa shape index (κ3) is 4.27. The number of primary amides is 2. The number of halogens is 1. The van der Waals surface area contributed by atoms with Crippen LogP contribution in [0.5, 0.6) is 5.75 Å². The van der Waals surface area contributed by atoms with E-state index in [1.54, 1.807) is 6.08 Å². The fourth-order valence-electron chi connectivity index (χ4n) is 1.62. The molecule has 1 aromatic carbocycles. The van der Waals surface area contributed by atoms with Crippen LogP contribution in [-0.4, -0.2) is 32.3 Å². The van der Waals surface area contributed by atoms with Gasteiger partial charge in [-0.15, -0.1) is 0 Å². The predicted molar refractivity (Wildman–Crippen MR) is 79.0 cm³/mol. The molecule has 0 radical (unpaired) electrons. The van der Waals surface area contributed by atoms with Crippen LogP contribution >= 0.6 is 0 Å². The van der Waals surface area contributed by atoms with Gasteiger partial charge in [0, 0.05) is 6.54 Å². The van der Waals surface area contributed by atoms with Crippen LogP contribution in [0.2, 0.25) is 0 Å². The van der Waals surface area contributed by atoms with E-state index in [1.165, 1.54) is 13.2 Å². The first-order chi connectivity index (χ1) is 10.4. The highest BCUT2D eigenvalue weighted by molar-refractivity contribution is 5.96. The van der Waals surface area contributed by atoms with E-state index in [2.05, 4.69) is 10.1 Å². The Morgan fingerprint density at radius 2 is 2.05 bits per heavy atom. The highest BCUT2D eigenvalue weighted by Gasteiger charge is 2.19. The molecule has 8 nitrogen and oxygen atoms in total. The molecule has 0 unspecified atom stereocenters. The van der Waals surface area contributed by atoms with Crippen LogP contribution in [0.15, 0.2) is 18.2 Å². The average Bonchev–Trinajstić information content (AvgIpc) is 2.46. The summed E-state index contributed by atoms with van der Waals surface area (Å²) in [5.41, 5.74) is 15.0.